The molecule has 0 aliphatic carbocycles. The van der Waals surface area contributed by atoms with Crippen molar-refractivity contribution >= 4 is 41.2 Å². The molecular weight excluding hydrogens is 375 g/mol. The number of rotatable bonds is 5. The average Bonchev–Trinajstić information content (AvgIpc) is 2.66. The van der Waals surface area contributed by atoms with E-state index in [4.69, 9.17) is 27.9 Å². The maximum Gasteiger partial charge on any atom is 0.228 e. The number of carbonyl (C=O) groups excluding carboxylic acids is 2. The lowest BCUT2D eigenvalue weighted by molar-refractivity contribution is -0.121. The first-order valence-electron chi connectivity index (χ1n) is 8.20. The summed E-state index contributed by atoms with van der Waals surface area (Å²) < 4.78 is 5.16. The highest BCUT2D eigenvalue weighted by Crippen LogP contribution is 2.40. The SMILES string of the molecule is COc1cccc(N2C[C@@](CC=O)(c3ccc(Cl)c(Cl)c3)CCC2=O)n1. The van der Waals surface area contributed by atoms with Crippen molar-refractivity contribution in [1.82, 2.24) is 4.98 Å². The second-order valence-corrected chi connectivity index (χ2v) is 7.11. The van der Waals surface area contributed by atoms with Gasteiger partial charge < -0.3 is 9.53 Å². The minimum absolute atomic E-state index is 0.0349. The smallest absolute Gasteiger partial charge is 0.228 e. The third-order valence-electron chi connectivity index (χ3n) is 4.78. The number of carbonyl (C=O) groups is 2. The van der Waals surface area contributed by atoms with Gasteiger partial charge >= 0.3 is 0 Å². The van der Waals surface area contributed by atoms with Gasteiger partial charge in [-0.2, -0.15) is 4.98 Å². The Morgan fingerprint density at radius 3 is 2.77 bits per heavy atom. The topological polar surface area (TPSA) is 59.5 Å². The Bertz CT molecular complexity index is 843. The van der Waals surface area contributed by atoms with Crippen molar-refractivity contribution in [2.24, 2.45) is 0 Å². The molecule has 0 radical (unpaired) electrons. The molecule has 2 heterocycles. The van der Waals surface area contributed by atoms with E-state index in [1.165, 1.54) is 7.11 Å². The van der Waals surface area contributed by atoms with Crippen molar-refractivity contribution in [3.05, 3.63) is 52.0 Å². The Labute approximate surface area is 161 Å². The highest BCUT2D eigenvalue weighted by atomic mass is 35.5. The fourth-order valence-electron chi connectivity index (χ4n) is 3.33. The zero-order chi connectivity index (χ0) is 18.7. The standard InChI is InChI=1S/C19H18Cl2N2O3/c1-26-17-4-2-3-16(22-17)23-12-19(9-10-24,8-7-18(23)25)13-5-6-14(20)15(21)11-13/h2-6,10-11H,7-9,12H2,1H3/t19-/m1/s1. The average molecular weight is 393 g/mol. The molecule has 1 atom stereocenters. The van der Waals surface area contributed by atoms with Crippen LogP contribution in [-0.4, -0.2) is 30.8 Å². The summed E-state index contributed by atoms with van der Waals surface area (Å²) >= 11 is 12.2. The van der Waals surface area contributed by atoms with E-state index in [1.807, 2.05) is 6.07 Å². The highest BCUT2D eigenvalue weighted by Gasteiger charge is 2.41. The van der Waals surface area contributed by atoms with Gasteiger partial charge in [0.15, 0.2) is 0 Å². The molecule has 0 spiro atoms. The molecule has 1 aromatic carbocycles. The summed E-state index contributed by atoms with van der Waals surface area (Å²) in [7, 11) is 1.52. The third-order valence-corrected chi connectivity index (χ3v) is 5.52. The molecule has 136 valence electrons. The first kappa shape index (κ1) is 18.7. The molecule has 26 heavy (non-hydrogen) atoms. The van der Waals surface area contributed by atoms with E-state index in [-0.39, 0.29) is 12.3 Å². The number of benzene rings is 1. The van der Waals surface area contributed by atoms with Crippen molar-refractivity contribution in [2.75, 3.05) is 18.6 Å². The molecule has 3 rings (SSSR count). The zero-order valence-corrected chi connectivity index (χ0v) is 15.8. The van der Waals surface area contributed by atoms with Gasteiger partial charge in [0.05, 0.1) is 17.2 Å². The number of nitrogens with zero attached hydrogens (tertiary/aromatic N) is 2. The minimum atomic E-state index is -0.533. The summed E-state index contributed by atoms with van der Waals surface area (Å²) in [4.78, 5) is 30.0. The lowest BCUT2D eigenvalue weighted by Crippen LogP contribution is -2.49. The van der Waals surface area contributed by atoms with Crippen molar-refractivity contribution in [2.45, 2.75) is 24.7 Å². The number of piperidine rings is 1. The van der Waals surface area contributed by atoms with Crippen molar-refractivity contribution in [3.8, 4) is 5.88 Å². The van der Waals surface area contributed by atoms with Gasteiger partial charge in [0.25, 0.3) is 0 Å². The van der Waals surface area contributed by atoms with E-state index >= 15 is 0 Å². The van der Waals surface area contributed by atoms with Crippen LogP contribution in [0.3, 0.4) is 0 Å². The van der Waals surface area contributed by atoms with Crippen LogP contribution in [-0.2, 0) is 15.0 Å². The summed E-state index contributed by atoms with van der Waals surface area (Å²) in [6.07, 6.45) is 2.03. The van der Waals surface area contributed by atoms with Gasteiger partial charge in [0, 0.05) is 30.9 Å². The fraction of sp³-hybridized carbons (Fsp3) is 0.316. The van der Waals surface area contributed by atoms with Gasteiger partial charge in [-0.3, -0.25) is 9.69 Å². The van der Waals surface area contributed by atoms with Crippen molar-refractivity contribution in [3.63, 3.8) is 0 Å². The Morgan fingerprint density at radius 2 is 2.08 bits per heavy atom. The summed E-state index contributed by atoms with van der Waals surface area (Å²) in [5.74, 6) is 0.896. The molecule has 0 bridgehead atoms. The summed E-state index contributed by atoms with van der Waals surface area (Å²) in [5, 5.41) is 0.882. The predicted octanol–water partition coefficient (Wildman–Crippen LogP) is 4.05. The molecule has 0 N–H and O–H groups in total. The maximum atomic E-state index is 12.5. The number of ether oxygens (including phenoxy) is 1. The van der Waals surface area contributed by atoms with Crippen molar-refractivity contribution in [1.29, 1.82) is 0 Å². The molecule has 1 fully saturated rings. The zero-order valence-electron chi connectivity index (χ0n) is 14.2. The summed E-state index contributed by atoms with van der Waals surface area (Å²) in [6, 6.07) is 10.6. The number of halogens is 2. The molecule has 2 aromatic rings. The van der Waals surface area contributed by atoms with Crippen LogP contribution >= 0.6 is 23.2 Å². The number of aldehydes is 1. The van der Waals surface area contributed by atoms with Gasteiger partial charge in [-0.05, 0) is 30.2 Å². The molecule has 1 aliphatic heterocycles. The van der Waals surface area contributed by atoms with Crippen LogP contribution in [0.15, 0.2) is 36.4 Å². The molecular formula is C19H18Cl2N2O3. The van der Waals surface area contributed by atoms with Crippen LogP contribution < -0.4 is 9.64 Å². The fourth-order valence-corrected chi connectivity index (χ4v) is 3.63. The number of aromatic nitrogens is 1. The number of methoxy groups -OCH3 is 1. The lowest BCUT2D eigenvalue weighted by Gasteiger charge is -2.42. The minimum Gasteiger partial charge on any atom is -0.481 e. The van der Waals surface area contributed by atoms with Crippen LogP contribution in [0, 0.1) is 0 Å². The second kappa shape index (κ2) is 7.64. The van der Waals surface area contributed by atoms with Gasteiger partial charge in [0.1, 0.15) is 12.1 Å². The van der Waals surface area contributed by atoms with Crippen LogP contribution in [0.4, 0.5) is 5.82 Å². The monoisotopic (exact) mass is 392 g/mol. The summed E-state index contributed by atoms with van der Waals surface area (Å²) in [5.41, 5.74) is 0.355. The molecule has 5 nitrogen and oxygen atoms in total. The van der Waals surface area contributed by atoms with E-state index in [9.17, 15) is 9.59 Å². The maximum absolute atomic E-state index is 12.5. The largest absolute Gasteiger partial charge is 0.481 e. The number of anilines is 1. The van der Waals surface area contributed by atoms with Crippen LogP contribution in [0.2, 0.25) is 10.0 Å². The Morgan fingerprint density at radius 1 is 1.27 bits per heavy atom. The van der Waals surface area contributed by atoms with E-state index < -0.39 is 5.41 Å². The Hall–Kier alpha value is -2.11. The van der Waals surface area contributed by atoms with Crippen LogP contribution in [0.1, 0.15) is 24.8 Å². The molecule has 1 aromatic heterocycles. The molecule has 0 saturated carbocycles. The Balaban J connectivity index is 2.02. The highest BCUT2D eigenvalue weighted by molar-refractivity contribution is 6.42. The molecule has 0 unspecified atom stereocenters. The van der Waals surface area contributed by atoms with E-state index in [0.717, 1.165) is 11.8 Å². The second-order valence-electron chi connectivity index (χ2n) is 6.30. The van der Waals surface area contributed by atoms with E-state index in [2.05, 4.69) is 4.98 Å². The number of hydrogen-bond donors (Lipinski definition) is 0. The van der Waals surface area contributed by atoms with Crippen molar-refractivity contribution < 1.29 is 14.3 Å². The van der Waals surface area contributed by atoms with Gasteiger partial charge in [-0.25, -0.2) is 0 Å². The molecule has 1 aliphatic rings. The first-order chi connectivity index (χ1) is 12.5. The normalized spacial score (nSPS) is 20.1. The van der Waals surface area contributed by atoms with Gasteiger partial charge in [-0.15, -0.1) is 0 Å². The molecule has 1 saturated heterocycles. The Kier molecular flexibility index (Phi) is 5.49. The quantitative estimate of drug-likeness (QED) is 0.720. The first-order valence-corrected chi connectivity index (χ1v) is 8.95. The van der Waals surface area contributed by atoms with Gasteiger partial charge in [-0.1, -0.05) is 35.3 Å². The van der Waals surface area contributed by atoms with E-state index in [0.29, 0.717) is 41.1 Å². The van der Waals surface area contributed by atoms with Gasteiger partial charge in [0.2, 0.25) is 11.8 Å². The predicted molar refractivity (Wildman–Crippen MR) is 101 cm³/mol. The van der Waals surface area contributed by atoms with E-state index in [1.54, 1.807) is 35.2 Å². The molecule has 7 heteroatoms. The number of amides is 1. The summed E-state index contributed by atoms with van der Waals surface area (Å²) in [6.45, 7) is 0.336. The molecule has 1 amide bonds. The van der Waals surface area contributed by atoms with Crippen LogP contribution in [0.5, 0.6) is 5.88 Å². The number of pyridine rings is 1. The van der Waals surface area contributed by atoms with Crippen LogP contribution in [0.25, 0.3) is 0 Å². The number of hydrogen-bond acceptors (Lipinski definition) is 4. The lowest BCUT2D eigenvalue weighted by atomic mass is 9.72. The third kappa shape index (κ3) is 3.55.